The van der Waals surface area contributed by atoms with E-state index in [1.807, 2.05) is 0 Å². The first-order valence-electron chi connectivity index (χ1n) is 4.78. The molecular weight excluding hydrogens is 144 g/mol. The van der Waals surface area contributed by atoms with Crippen molar-refractivity contribution in [3.63, 3.8) is 0 Å². The first kappa shape index (κ1) is 9.31. The minimum absolute atomic E-state index is 1.08. The molecule has 1 rings (SSSR count). The van der Waals surface area contributed by atoms with Crippen LogP contribution in [0, 0.1) is 6.42 Å². The Morgan fingerprint density at radius 2 is 1.25 bits per heavy atom. The largest absolute Gasteiger partial charge is 0.0885 e. The van der Waals surface area contributed by atoms with Gasteiger partial charge in [0, 0.05) is 0 Å². The summed E-state index contributed by atoms with van der Waals surface area (Å²) in [5, 5.41) is 0. The van der Waals surface area contributed by atoms with Gasteiger partial charge in [-0.1, -0.05) is 36.5 Å². The molecule has 0 bridgehead atoms. The van der Waals surface area contributed by atoms with Crippen LogP contribution in [-0.2, 0) is 0 Å². The Labute approximate surface area is 75.7 Å². The molecule has 0 atom stereocenters. The molecule has 12 heavy (non-hydrogen) atoms. The fraction of sp³-hybridized carbons (Fsp3) is 0.417. The van der Waals surface area contributed by atoms with Crippen molar-refractivity contribution < 1.29 is 0 Å². The molecule has 0 unspecified atom stereocenters. The van der Waals surface area contributed by atoms with Gasteiger partial charge in [0.1, 0.15) is 0 Å². The van der Waals surface area contributed by atoms with Crippen molar-refractivity contribution in [2.45, 2.75) is 32.1 Å². The van der Waals surface area contributed by atoms with Crippen LogP contribution in [0.15, 0.2) is 36.5 Å². The zero-order chi connectivity index (χ0) is 8.49. The molecule has 0 aromatic rings. The second-order valence-corrected chi connectivity index (χ2v) is 3.00. The number of rotatable bonds is 0. The van der Waals surface area contributed by atoms with Gasteiger partial charge in [-0.25, -0.2) is 0 Å². The lowest BCUT2D eigenvalue weighted by Crippen LogP contribution is -1.73. The van der Waals surface area contributed by atoms with Gasteiger partial charge in [-0.2, -0.15) is 0 Å². The summed E-state index contributed by atoms with van der Waals surface area (Å²) in [5.41, 5.74) is 0. The standard InChI is InChI=1S/C12H17/c1-2-4-6-8-10-12-11-9-7-5-3-1/h1-3,6,8-9,11H,4-5,7,10,12H2/b2-1+,8-6-,11-9-. The molecule has 0 heteroatoms. The van der Waals surface area contributed by atoms with Gasteiger partial charge in [-0.3, -0.25) is 0 Å². The predicted octanol–water partition coefficient (Wildman–Crippen LogP) is 3.82. The lowest BCUT2D eigenvalue weighted by atomic mass is 10.1. The van der Waals surface area contributed by atoms with E-state index in [1.165, 1.54) is 25.7 Å². The molecule has 0 aromatic carbocycles. The van der Waals surface area contributed by atoms with Crippen LogP contribution in [0.4, 0.5) is 0 Å². The average Bonchev–Trinajstić information content (AvgIpc) is 2.05. The van der Waals surface area contributed by atoms with Gasteiger partial charge in [-0.05, 0) is 38.5 Å². The van der Waals surface area contributed by atoms with Gasteiger partial charge in [-0.15, -0.1) is 0 Å². The van der Waals surface area contributed by atoms with Crippen molar-refractivity contribution >= 4 is 0 Å². The molecule has 0 saturated heterocycles. The summed E-state index contributed by atoms with van der Waals surface area (Å²) >= 11 is 0. The summed E-state index contributed by atoms with van der Waals surface area (Å²) in [5.74, 6) is 0. The van der Waals surface area contributed by atoms with Crippen LogP contribution in [0.5, 0.6) is 0 Å². The summed E-state index contributed by atoms with van der Waals surface area (Å²) in [6.45, 7) is 0. The molecule has 0 amide bonds. The number of hydrogen-bond donors (Lipinski definition) is 0. The number of hydrogen-bond acceptors (Lipinski definition) is 0. The molecule has 1 aliphatic rings. The van der Waals surface area contributed by atoms with E-state index in [0.717, 1.165) is 6.42 Å². The molecule has 1 radical (unpaired) electrons. The normalized spacial score (nSPS) is 28.0. The Kier molecular flexibility index (Phi) is 5.35. The van der Waals surface area contributed by atoms with Crippen LogP contribution in [0.1, 0.15) is 32.1 Å². The van der Waals surface area contributed by atoms with E-state index in [-0.39, 0.29) is 0 Å². The van der Waals surface area contributed by atoms with Crippen molar-refractivity contribution in [3.05, 3.63) is 42.9 Å². The first-order chi connectivity index (χ1) is 6.00. The van der Waals surface area contributed by atoms with E-state index in [1.54, 1.807) is 0 Å². The monoisotopic (exact) mass is 161 g/mol. The molecule has 65 valence electrons. The summed E-state index contributed by atoms with van der Waals surface area (Å²) in [4.78, 5) is 0. The minimum Gasteiger partial charge on any atom is -0.0885 e. The third-order valence-corrected chi connectivity index (χ3v) is 1.88. The van der Waals surface area contributed by atoms with Gasteiger partial charge >= 0.3 is 0 Å². The molecule has 0 heterocycles. The van der Waals surface area contributed by atoms with Crippen LogP contribution in [-0.4, -0.2) is 0 Å². The third-order valence-electron chi connectivity index (χ3n) is 1.88. The summed E-state index contributed by atoms with van der Waals surface area (Å²) in [7, 11) is 0. The highest BCUT2D eigenvalue weighted by atomic mass is 13.9. The maximum Gasteiger partial charge on any atom is -0.0167 e. The van der Waals surface area contributed by atoms with E-state index in [4.69, 9.17) is 0 Å². The highest BCUT2D eigenvalue weighted by Crippen LogP contribution is 2.02. The van der Waals surface area contributed by atoms with Gasteiger partial charge in [0.25, 0.3) is 0 Å². The Morgan fingerprint density at radius 3 is 2.08 bits per heavy atom. The zero-order valence-electron chi connectivity index (χ0n) is 7.58. The van der Waals surface area contributed by atoms with Crippen molar-refractivity contribution in [1.29, 1.82) is 0 Å². The Morgan fingerprint density at radius 1 is 0.583 bits per heavy atom. The van der Waals surface area contributed by atoms with E-state index < -0.39 is 0 Å². The lowest BCUT2D eigenvalue weighted by molar-refractivity contribution is 0.971. The van der Waals surface area contributed by atoms with Gasteiger partial charge < -0.3 is 0 Å². The van der Waals surface area contributed by atoms with Gasteiger partial charge in [0.15, 0.2) is 0 Å². The lowest BCUT2D eigenvalue weighted by Gasteiger charge is -1.92. The molecule has 0 fully saturated rings. The van der Waals surface area contributed by atoms with E-state index in [2.05, 4.69) is 42.9 Å². The molecule has 1 aliphatic carbocycles. The van der Waals surface area contributed by atoms with Gasteiger partial charge in [0.2, 0.25) is 0 Å². The SMILES string of the molecule is [CH]1/C=C/C/C=C\CC/C=C\CC1. The van der Waals surface area contributed by atoms with Crippen LogP contribution >= 0.6 is 0 Å². The van der Waals surface area contributed by atoms with Crippen LogP contribution in [0.25, 0.3) is 0 Å². The molecule has 0 aromatic heterocycles. The Balaban J connectivity index is 2.30. The smallest absolute Gasteiger partial charge is 0.0167 e. The Bertz CT molecular complexity index is 172. The fourth-order valence-electron chi connectivity index (χ4n) is 1.18. The molecular formula is C12H17. The average molecular weight is 161 g/mol. The van der Waals surface area contributed by atoms with E-state index >= 15 is 0 Å². The number of allylic oxidation sites excluding steroid dienone is 6. The van der Waals surface area contributed by atoms with Crippen molar-refractivity contribution in [1.82, 2.24) is 0 Å². The molecule has 0 spiro atoms. The Hall–Kier alpha value is -0.780. The molecule has 0 N–H and O–H groups in total. The maximum atomic E-state index is 2.28. The van der Waals surface area contributed by atoms with Crippen LogP contribution < -0.4 is 0 Å². The minimum atomic E-state index is 1.08. The summed E-state index contributed by atoms with van der Waals surface area (Å²) < 4.78 is 0. The predicted molar refractivity (Wildman–Crippen MR) is 54.8 cm³/mol. The highest BCUT2D eigenvalue weighted by molar-refractivity contribution is 5.01. The fourth-order valence-corrected chi connectivity index (χ4v) is 1.18. The van der Waals surface area contributed by atoms with Crippen molar-refractivity contribution in [2.75, 3.05) is 0 Å². The summed E-state index contributed by atoms with van der Waals surface area (Å²) in [6.07, 6.45) is 21.5. The molecule has 0 nitrogen and oxygen atoms in total. The van der Waals surface area contributed by atoms with Gasteiger partial charge in [0.05, 0.1) is 0 Å². The second-order valence-electron chi connectivity index (χ2n) is 3.00. The zero-order valence-corrected chi connectivity index (χ0v) is 7.58. The van der Waals surface area contributed by atoms with Crippen molar-refractivity contribution in [3.8, 4) is 0 Å². The van der Waals surface area contributed by atoms with Crippen LogP contribution in [0.3, 0.4) is 0 Å². The van der Waals surface area contributed by atoms with Crippen LogP contribution in [0.2, 0.25) is 0 Å². The third kappa shape index (κ3) is 4.95. The van der Waals surface area contributed by atoms with E-state index in [9.17, 15) is 0 Å². The van der Waals surface area contributed by atoms with Crippen molar-refractivity contribution in [2.24, 2.45) is 0 Å². The molecule has 0 aliphatic heterocycles. The highest BCUT2D eigenvalue weighted by Gasteiger charge is 1.83. The van der Waals surface area contributed by atoms with E-state index in [0.29, 0.717) is 0 Å². The second kappa shape index (κ2) is 6.90. The topological polar surface area (TPSA) is 0 Å². The summed E-state index contributed by atoms with van der Waals surface area (Å²) in [6, 6.07) is 0. The quantitative estimate of drug-likeness (QED) is 0.474. The maximum absolute atomic E-state index is 2.28. The molecule has 0 saturated carbocycles. The first-order valence-corrected chi connectivity index (χ1v) is 4.78.